The van der Waals surface area contributed by atoms with E-state index in [1.165, 1.54) is 0 Å². The van der Waals surface area contributed by atoms with E-state index in [4.69, 9.17) is 15.7 Å². The molecule has 2 rings (SSSR count). The zero-order chi connectivity index (χ0) is 13.0. The summed E-state index contributed by atoms with van der Waals surface area (Å²) in [6, 6.07) is 16.9. The van der Waals surface area contributed by atoms with Crippen LogP contribution >= 0.6 is 0 Å². The van der Waals surface area contributed by atoms with Gasteiger partial charge in [-0.25, -0.2) is 0 Å². The highest BCUT2D eigenvalue weighted by molar-refractivity contribution is 5.38. The van der Waals surface area contributed by atoms with Crippen molar-refractivity contribution in [3.63, 3.8) is 0 Å². The third-order valence-corrected chi connectivity index (χ3v) is 2.87. The van der Waals surface area contributed by atoms with E-state index in [9.17, 15) is 0 Å². The van der Waals surface area contributed by atoms with Crippen molar-refractivity contribution in [1.82, 2.24) is 0 Å². The molecule has 18 heavy (non-hydrogen) atoms. The van der Waals surface area contributed by atoms with Crippen LogP contribution in [0, 0.1) is 11.3 Å². The van der Waals surface area contributed by atoms with E-state index in [-0.39, 0.29) is 6.04 Å². The summed E-state index contributed by atoms with van der Waals surface area (Å²) in [5.74, 6) is 0.811. The lowest BCUT2D eigenvalue weighted by Gasteiger charge is -2.13. The molecule has 2 aromatic rings. The van der Waals surface area contributed by atoms with Gasteiger partial charge in [0.25, 0.3) is 0 Å². The Morgan fingerprint density at radius 2 is 1.50 bits per heavy atom. The Morgan fingerprint density at radius 3 is 1.94 bits per heavy atom. The van der Waals surface area contributed by atoms with Crippen LogP contribution in [0.15, 0.2) is 48.5 Å². The maximum atomic E-state index is 8.75. The maximum absolute atomic E-state index is 8.75. The number of nitriles is 1. The van der Waals surface area contributed by atoms with Gasteiger partial charge in [-0.15, -0.1) is 0 Å². The summed E-state index contributed by atoms with van der Waals surface area (Å²) in [5.41, 5.74) is 8.81. The molecule has 0 heterocycles. The topological polar surface area (TPSA) is 59.0 Å². The molecule has 0 amide bonds. The van der Waals surface area contributed by atoms with Crippen LogP contribution < -0.4 is 10.5 Å². The highest BCUT2D eigenvalue weighted by atomic mass is 16.5. The summed E-state index contributed by atoms with van der Waals surface area (Å²) >= 11 is 0. The van der Waals surface area contributed by atoms with Crippen LogP contribution in [0.4, 0.5) is 0 Å². The van der Waals surface area contributed by atoms with Crippen molar-refractivity contribution < 1.29 is 4.74 Å². The average Bonchev–Trinajstić information content (AvgIpc) is 2.47. The van der Waals surface area contributed by atoms with Gasteiger partial charge in [-0.2, -0.15) is 5.26 Å². The highest BCUT2D eigenvalue weighted by Crippen LogP contribution is 2.22. The molecule has 0 spiro atoms. The van der Waals surface area contributed by atoms with Gasteiger partial charge in [-0.1, -0.05) is 24.3 Å². The van der Waals surface area contributed by atoms with Crippen molar-refractivity contribution in [2.24, 2.45) is 5.73 Å². The molecule has 3 heteroatoms. The molecule has 1 unspecified atom stereocenters. The minimum absolute atomic E-state index is 0.191. The first kappa shape index (κ1) is 12.2. The predicted molar refractivity (Wildman–Crippen MR) is 70.2 cm³/mol. The third kappa shape index (κ3) is 2.50. The first-order chi connectivity index (χ1) is 8.74. The Kier molecular flexibility index (Phi) is 3.61. The number of hydrogen-bond donors (Lipinski definition) is 1. The lowest BCUT2D eigenvalue weighted by molar-refractivity contribution is 0.414. The van der Waals surface area contributed by atoms with Crippen molar-refractivity contribution in [2.75, 3.05) is 7.11 Å². The van der Waals surface area contributed by atoms with Gasteiger partial charge >= 0.3 is 0 Å². The van der Waals surface area contributed by atoms with Crippen LogP contribution in [0.3, 0.4) is 0 Å². The number of methoxy groups -OCH3 is 1. The molecular weight excluding hydrogens is 224 g/mol. The molecule has 2 N–H and O–H groups in total. The second kappa shape index (κ2) is 5.35. The second-order valence-electron chi connectivity index (χ2n) is 3.98. The van der Waals surface area contributed by atoms with E-state index in [1.54, 1.807) is 19.2 Å². The molecule has 0 saturated heterocycles. The Hall–Kier alpha value is -2.31. The SMILES string of the molecule is COc1ccc(C(N)c2ccc(C#N)cc2)cc1. The predicted octanol–water partition coefficient (Wildman–Crippen LogP) is 2.61. The van der Waals surface area contributed by atoms with Crippen LogP contribution in [-0.4, -0.2) is 7.11 Å². The average molecular weight is 238 g/mol. The molecule has 0 aliphatic heterocycles. The number of nitrogens with two attached hydrogens (primary N) is 1. The fourth-order valence-corrected chi connectivity index (χ4v) is 1.77. The third-order valence-electron chi connectivity index (χ3n) is 2.87. The van der Waals surface area contributed by atoms with Crippen LogP contribution in [0.5, 0.6) is 5.75 Å². The minimum atomic E-state index is -0.191. The first-order valence-corrected chi connectivity index (χ1v) is 5.64. The van der Waals surface area contributed by atoms with E-state index in [0.29, 0.717) is 5.56 Å². The van der Waals surface area contributed by atoms with Gasteiger partial charge in [0.05, 0.1) is 24.8 Å². The van der Waals surface area contributed by atoms with Gasteiger partial charge in [-0.3, -0.25) is 0 Å². The molecule has 0 aromatic heterocycles. The number of rotatable bonds is 3. The lowest BCUT2D eigenvalue weighted by Crippen LogP contribution is -2.11. The minimum Gasteiger partial charge on any atom is -0.497 e. The summed E-state index contributed by atoms with van der Waals surface area (Å²) in [4.78, 5) is 0. The standard InChI is InChI=1S/C15H14N2O/c1-18-14-8-6-13(7-9-14)15(17)12-4-2-11(10-16)3-5-12/h2-9,15H,17H2,1H3. The van der Waals surface area contributed by atoms with E-state index < -0.39 is 0 Å². The zero-order valence-electron chi connectivity index (χ0n) is 10.1. The molecular formula is C15H14N2O. The van der Waals surface area contributed by atoms with E-state index >= 15 is 0 Å². The van der Waals surface area contributed by atoms with Gasteiger partial charge in [0.2, 0.25) is 0 Å². The van der Waals surface area contributed by atoms with Gasteiger partial charge in [0, 0.05) is 0 Å². The van der Waals surface area contributed by atoms with Crippen LogP contribution in [0.25, 0.3) is 0 Å². The summed E-state index contributed by atoms with van der Waals surface area (Å²) < 4.78 is 5.11. The summed E-state index contributed by atoms with van der Waals surface area (Å²) in [5, 5.41) is 8.75. The molecule has 0 fully saturated rings. The first-order valence-electron chi connectivity index (χ1n) is 5.64. The summed E-state index contributed by atoms with van der Waals surface area (Å²) in [6.45, 7) is 0. The maximum Gasteiger partial charge on any atom is 0.118 e. The molecule has 0 aliphatic rings. The number of ether oxygens (including phenoxy) is 1. The molecule has 3 nitrogen and oxygen atoms in total. The van der Waals surface area contributed by atoms with Crippen molar-refractivity contribution in [2.45, 2.75) is 6.04 Å². The van der Waals surface area contributed by atoms with Gasteiger partial charge in [0.1, 0.15) is 5.75 Å². The van der Waals surface area contributed by atoms with E-state index in [1.807, 2.05) is 36.4 Å². The zero-order valence-corrected chi connectivity index (χ0v) is 10.1. The Labute approximate surface area is 106 Å². The summed E-state index contributed by atoms with van der Waals surface area (Å²) in [7, 11) is 1.63. The van der Waals surface area contributed by atoms with Gasteiger partial charge in [-0.05, 0) is 35.4 Å². The fourth-order valence-electron chi connectivity index (χ4n) is 1.77. The quantitative estimate of drug-likeness (QED) is 0.894. The van der Waals surface area contributed by atoms with E-state index in [2.05, 4.69) is 6.07 Å². The fraction of sp³-hybridized carbons (Fsp3) is 0.133. The van der Waals surface area contributed by atoms with E-state index in [0.717, 1.165) is 16.9 Å². The molecule has 0 bridgehead atoms. The van der Waals surface area contributed by atoms with Crippen molar-refractivity contribution in [3.8, 4) is 11.8 Å². The molecule has 90 valence electrons. The Balaban J connectivity index is 2.23. The van der Waals surface area contributed by atoms with Crippen LogP contribution in [0.1, 0.15) is 22.7 Å². The van der Waals surface area contributed by atoms with Gasteiger partial charge in [0.15, 0.2) is 0 Å². The second-order valence-corrected chi connectivity index (χ2v) is 3.98. The van der Waals surface area contributed by atoms with Gasteiger partial charge < -0.3 is 10.5 Å². The molecule has 0 radical (unpaired) electrons. The lowest BCUT2D eigenvalue weighted by atomic mass is 9.99. The smallest absolute Gasteiger partial charge is 0.118 e. The van der Waals surface area contributed by atoms with Crippen molar-refractivity contribution in [3.05, 3.63) is 65.2 Å². The Bertz CT molecular complexity index is 553. The molecule has 2 aromatic carbocycles. The van der Waals surface area contributed by atoms with Crippen LogP contribution in [-0.2, 0) is 0 Å². The number of hydrogen-bond acceptors (Lipinski definition) is 3. The normalized spacial score (nSPS) is 11.6. The highest BCUT2D eigenvalue weighted by Gasteiger charge is 2.08. The monoisotopic (exact) mass is 238 g/mol. The van der Waals surface area contributed by atoms with Crippen molar-refractivity contribution in [1.29, 1.82) is 5.26 Å². The molecule has 1 atom stereocenters. The van der Waals surface area contributed by atoms with Crippen molar-refractivity contribution >= 4 is 0 Å². The largest absolute Gasteiger partial charge is 0.497 e. The van der Waals surface area contributed by atoms with Crippen LogP contribution in [0.2, 0.25) is 0 Å². The Morgan fingerprint density at radius 1 is 1.00 bits per heavy atom. The molecule has 0 aliphatic carbocycles. The molecule has 0 saturated carbocycles. The number of nitrogens with zero attached hydrogens (tertiary/aromatic N) is 1. The summed E-state index contributed by atoms with van der Waals surface area (Å²) in [6.07, 6.45) is 0. The number of benzene rings is 2.